The number of ether oxygens (including phenoxy) is 1. The predicted octanol–water partition coefficient (Wildman–Crippen LogP) is 3.00. The summed E-state index contributed by atoms with van der Waals surface area (Å²) < 4.78 is 39.0. The van der Waals surface area contributed by atoms with E-state index in [0.29, 0.717) is 45.3 Å². The Bertz CT molecular complexity index is 283. The molecule has 1 unspecified atom stereocenters. The largest absolute Gasteiger partial charge is 0.405 e. The van der Waals surface area contributed by atoms with Gasteiger partial charge in [-0.25, -0.2) is 9.65 Å². The second kappa shape index (κ2) is 12.4. The average molecular weight is 379 g/mol. The van der Waals surface area contributed by atoms with Crippen LogP contribution >= 0.6 is 31.5 Å². The molecule has 0 saturated heterocycles. The smallest absolute Gasteiger partial charge is 0.376 e. The maximum Gasteiger partial charge on any atom is 0.405 e. The van der Waals surface area contributed by atoms with Crippen molar-refractivity contribution in [1.29, 1.82) is 0 Å². The fourth-order valence-corrected chi connectivity index (χ4v) is 3.86. The van der Waals surface area contributed by atoms with Gasteiger partial charge in [0, 0.05) is 5.33 Å². The Labute approximate surface area is 124 Å². The van der Waals surface area contributed by atoms with Gasteiger partial charge < -0.3 is 4.74 Å². The summed E-state index contributed by atoms with van der Waals surface area (Å²) in [7, 11) is -4.58. The predicted molar refractivity (Wildman–Crippen MR) is 80.8 cm³/mol. The van der Waals surface area contributed by atoms with Gasteiger partial charge in [-0.05, 0) is 13.8 Å². The van der Waals surface area contributed by atoms with Gasteiger partial charge in [0.15, 0.2) is 12.3 Å². The van der Waals surface area contributed by atoms with Crippen LogP contribution in [0.25, 0.3) is 0 Å². The van der Waals surface area contributed by atoms with Crippen molar-refractivity contribution >= 4 is 31.5 Å². The third-order valence-electron chi connectivity index (χ3n) is 1.97. The number of alkyl halides is 1. The Kier molecular flexibility index (Phi) is 12.8. The van der Waals surface area contributed by atoms with Crippen LogP contribution in [0.4, 0.5) is 0 Å². The molecule has 0 aromatic rings. The van der Waals surface area contributed by atoms with Gasteiger partial charge in [0.25, 0.3) is 0 Å². The van der Waals surface area contributed by atoms with Crippen LogP contribution in [0.15, 0.2) is 0 Å². The molecular formula is C10H23BrNO5P2+. The monoisotopic (exact) mass is 378 g/mol. The number of hydrogen-bond donors (Lipinski definition) is 1. The first-order valence-electron chi connectivity index (χ1n) is 6.28. The third kappa shape index (κ3) is 11.0. The van der Waals surface area contributed by atoms with Gasteiger partial charge in [-0.15, -0.1) is 0 Å². The van der Waals surface area contributed by atoms with Gasteiger partial charge in [-0.2, -0.15) is 0 Å². The zero-order valence-corrected chi connectivity index (χ0v) is 14.8. The lowest BCUT2D eigenvalue weighted by molar-refractivity contribution is 0.167. The molecule has 0 spiro atoms. The highest BCUT2D eigenvalue weighted by Crippen LogP contribution is 2.43. The molecule has 0 aliphatic heterocycles. The van der Waals surface area contributed by atoms with Crippen molar-refractivity contribution in [2.75, 3.05) is 50.6 Å². The van der Waals surface area contributed by atoms with E-state index in [0.717, 1.165) is 5.33 Å². The summed E-state index contributed by atoms with van der Waals surface area (Å²) >= 11 is 3.24. The zero-order valence-electron chi connectivity index (χ0n) is 11.5. The zero-order chi connectivity index (χ0) is 14.6. The lowest BCUT2D eigenvalue weighted by atomic mass is 10.8. The molecule has 0 heterocycles. The van der Waals surface area contributed by atoms with E-state index >= 15 is 0 Å². The Balaban J connectivity index is 3.80. The molecule has 1 atom stereocenters. The van der Waals surface area contributed by atoms with Crippen LogP contribution in [0.3, 0.4) is 0 Å². The quantitative estimate of drug-likeness (QED) is 0.301. The lowest BCUT2D eigenvalue weighted by Crippen LogP contribution is -2.18. The van der Waals surface area contributed by atoms with E-state index in [2.05, 4.69) is 21.0 Å². The third-order valence-corrected chi connectivity index (χ3v) is 5.51. The molecule has 0 radical (unpaired) electrons. The van der Waals surface area contributed by atoms with Gasteiger partial charge in [0.05, 0.1) is 33.0 Å². The highest BCUT2D eigenvalue weighted by atomic mass is 79.9. The summed E-state index contributed by atoms with van der Waals surface area (Å²) in [5, 5.41) is 3.48. The Hall–Kier alpha value is 0.650. The number of halogens is 1. The second-order valence-electron chi connectivity index (χ2n) is 3.47. The van der Waals surface area contributed by atoms with E-state index in [1.165, 1.54) is 0 Å². The number of rotatable bonds is 13. The molecule has 6 nitrogen and oxygen atoms in total. The standard InChI is InChI=1S/C10H23BrNO5P2/c1-3-16-19(14,17-4-2)12-6-9-18(13)10-8-15-7-5-11/h3-10H2,1-2H3,(H,12,14)/q+1. The summed E-state index contributed by atoms with van der Waals surface area (Å²) in [6, 6.07) is 0. The SMILES string of the molecule is CCOP(=O)(NCC[P+](=O)CCOCCBr)OCC. The second-order valence-corrected chi connectivity index (χ2v) is 7.95. The van der Waals surface area contributed by atoms with E-state index in [1.54, 1.807) is 13.8 Å². The first-order valence-corrected chi connectivity index (χ1v) is 10.6. The van der Waals surface area contributed by atoms with E-state index in [4.69, 9.17) is 13.8 Å². The minimum absolute atomic E-state index is 0.302. The van der Waals surface area contributed by atoms with E-state index in [9.17, 15) is 9.13 Å². The molecule has 0 amide bonds. The highest BCUT2D eigenvalue weighted by Gasteiger charge is 2.24. The number of nitrogens with one attached hydrogen (secondary N) is 1. The molecule has 0 bridgehead atoms. The van der Waals surface area contributed by atoms with Crippen molar-refractivity contribution in [1.82, 2.24) is 5.09 Å². The fourth-order valence-electron chi connectivity index (χ4n) is 1.21. The van der Waals surface area contributed by atoms with Crippen molar-refractivity contribution in [3.63, 3.8) is 0 Å². The Morgan fingerprint density at radius 1 is 1.16 bits per heavy atom. The van der Waals surface area contributed by atoms with Crippen LogP contribution in [-0.2, 0) is 22.9 Å². The minimum Gasteiger partial charge on any atom is -0.376 e. The van der Waals surface area contributed by atoms with Crippen molar-refractivity contribution < 1.29 is 22.9 Å². The van der Waals surface area contributed by atoms with Gasteiger partial charge in [-0.3, -0.25) is 9.05 Å². The fraction of sp³-hybridized carbons (Fsp3) is 1.00. The van der Waals surface area contributed by atoms with E-state index in [-0.39, 0.29) is 0 Å². The molecule has 0 saturated carbocycles. The first-order chi connectivity index (χ1) is 9.08. The molecule has 0 aromatic carbocycles. The van der Waals surface area contributed by atoms with Crippen molar-refractivity contribution in [2.24, 2.45) is 0 Å². The lowest BCUT2D eigenvalue weighted by Gasteiger charge is -2.16. The molecule has 0 aromatic heterocycles. The highest BCUT2D eigenvalue weighted by molar-refractivity contribution is 9.09. The molecule has 9 heteroatoms. The first kappa shape index (κ1) is 19.7. The molecule has 1 N–H and O–H groups in total. The summed E-state index contributed by atoms with van der Waals surface area (Å²) in [5.41, 5.74) is 0. The summed E-state index contributed by atoms with van der Waals surface area (Å²) in [6.07, 6.45) is 0.939. The van der Waals surface area contributed by atoms with Crippen LogP contribution < -0.4 is 5.09 Å². The van der Waals surface area contributed by atoms with Crippen LogP contribution in [-0.4, -0.2) is 50.6 Å². The van der Waals surface area contributed by atoms with E-state index in [1.807, 2.05) is 0 Å². The summed E-state index contributed by atoms with van der Waals surface area (Å²) in [6.45, 7) is 5.53. The van der Waals surface area contributed by atoms with Crippen LogP contribution in [0, 0.1) is 0 Å². The maximum absolute atomic E-state index is 12.0. The molecule has 19 heavy (non-hydrogen) atoms. The maximum atomic E-state index is 12.0. The molecule has 0 aliphatic carbocycles. The summed E-state index contributed by atoms with van der Waals surface area (Å²) in [5.74, 6) is 0. The molecule has 0 aliphatic rings. The minimum atomic E-state index is -3.23. The van der Waals surface area contributed by atoms with Crippen LogP contribution in [0.1, 0.15) is 13.8 Å². The van der Waals surface area contributed by atoms with Crippen molar-refractivity contribution in [3.8, 4) is 0 Å². The van der Waals surface area contributed by atoms with E-state index < -0.39 is 15.5 Å². The van der Waals surface area contributed by atoms with Crippen LogP contribution in [0.2, 0.25) is 0 Å². The molecule has 114 valence electrons. The summed E-state index contributed by atoms with van der Waals surface area (Å²) in [4.78, 5) is 0. The van der Waals surface area contributed by atoms with Gasteiger partial charge in [0.1, 0.15) is 0 Å². The molecular weight excluding hydrogens is 356 g/mol. The van der Waals surface area contributed by atoms with Crippen molar-refractivity contribution in [2.45, 2.75) is 13.8 Å². The average Bonchev–Trinajstić information content (AvgIpc) is 2.35. The van der Waals surface area contributed by atoms with Gasteiger partial charge in [0.2, 0.25) is 0 Å². The van der Waals surface area contributed by atoms with Crippen molar-refractivity contribution in [3.05, 3.63) is 0 Å². The number of hydrogen-bond acceptors (Lipinski definition) is 5. The topological polar surface area (TPSA) is 73.9 Å². The normalized spacial score (nSPS) is 12.7. The van der Waals surface area contributed by atoms with Gasteiger partial charge in [-0.1, -0.05) is 20.5 Å². The van der Waals surface area contributed by atoms with Gasteiger partial charge >= 0.3 is 15.5 Å². The van der Waals surface area contributed by atoms with Crippen LogP contribution in [0.5, 0.6) is 0 Å². The Morgan fingerprint density at radius 3 is 2.32 bits per heavy atom. The molecule has 0 rings (SSSR count). The molecule has 0 fully saturated rings. The Morgan fingerprint density at radius 2 is 1.79 bits per heavy atom.